The van der Waals surface area contributed by atoms with Gasteiger partial charge >= 0.3 is 5.97 Å². The van der Waals surface area contributed by atoms with Gasteiger partial charge in [-0.25, -0.2) is 4.79 Å². The van der Waals surface area contributed by atoms with E-state index in [2.05, 4.69) is 0 Å². The maximum Gasteiger partial charge on any atom is 0.338 e. The molecular weight excluding hydrogens is 240 g/mol. The minimum Gasteiger partial charge on any atom is -0.456 e. The number of hydrogen-bond donors (Lipinski definition) is 0. The van der Waals surface area contributed by atoms with E-state index in [1.54, 1.807) is 45.0 Å². The lowest BCUT2D eigenvalue weighted by Gasteiger charge is -2.19. The smallest absolute Gasteiger partial charge is 0.338 e. The number of benzene rings is 1. The minimum absolute atomic E-state index is 0.109. The summed E-state index contributed by atoms with van der Waals surface area (Å²) in [6, 6.07) is 6.72. The van der Waals surface area contributed by atoms with E-state index in [1.807, 2.05) is 0 Å². The molecule has 0 heterocycles. The molecule has 0 aromatic heterocycles. The van der Waals surface area contributed by atoms with Gasteiger partial charge in [-0.05, 0) is 50.1 Å². The molecule has 0 aliphatic rings. The first kappa shape index (κ1) is 13.7. The first-order valence-corrected chi connectivity index (χ1v) is 5.66. The van der Waals surface area contributed by atoms with E-state index in [1.165, 1.54) is 0 Å². The molecule has 0 spiro atoms. The third-order valence-electron chi connectivity index (χ3n) is 1.90. The predicted molar refractivity (Wildman–Crippen MR) is 66.2 cm³/mol. The Morgan fingerprint density at radius 1 is 1.29 bits per heavy atom. The SMILES string of the molecule is CC(C)(C)OC(=O)c1cccc(CC(=O)Cl)c1. The van der Waals surface area contributed by atoms with Gasteiger partial charge in [0.05, 0.1) is 5.56 Å². The van der Waals surface area contributed by atoms with Crippen LogP contribution in [0.1, 0.15) is 36.7 Å². The van der Waals surface area contributed by atoms with Crippen LogP contribution in [0.4, 0.5) is 0 Å². The maximum absolute atomic E-state index is 11.8. The molecular formula is C13H15ClO3. The van der Waals surface area contributed by atoms with Gasteiger partial charge in [-0.1, -0.05) is 12.1 Å². The second kappa shape index (κ2) is 5.32. The van der Waals surface area contributed by atoms with Crippen LogP contribution in [0, 0.1) is 0 Å². The molecule has 1 aromatic carbocycles. The van der Waals surface area contributed by atoms with E-state index in [0.29, 0.717) is 11.1 Å². The van der Waals surface area contributed by atoms with Gasteiger partial charge in [0.2, 0.25) is 5.24 Å². The third kappa shape index (κ3) is 5.00. The Morgan fingerprint density at radius 3 is 2.47 bits per heavy atom. The highest BCUT2D eigenvalue weighted by Crippen LogP contribution is 2.14. The van der Waals surface area contributed by atoms with E-state index in [0.717, 1.165) is 0 Å². The molecule has 0 aliphatic heterocycles. The number of halogens is 1. The minimum atomic E-state index is -0.532. The van der Waals surface area contributed by atoms with Crippen molar-refractivity contribution >= 4 is 22.8 Å². The highest BCUT2D eigenvalue weighted by Gasteiger charge is 2.18. The molecule has 17 heavy (non-hydrogen) atoms. The van der Waals surface area contributed by atoms with Gasteiger partial charge in [0.1, 0.15) is 5.60 Å². The quantitative estimate of drug-likeness (QED) is 0.615. The molecule has 0 radical (unpaired) electrons. The molecule has 0 bridgehead atoms. The van der Waals surface area contributed by atoms with Crippen molar-refractivity contribution in [1.29, 1.82) is 0 Å². The second-order valence-electron chi connectivity index (χ2n) is 4.73. The van der Waals surface area contributed by atoms with Crippen LogP contribution in [0.25, 0.3) is 0 Å². The fourth-order valence-electron chi connectivity index (χ4n) is 1.31. The van der Waals surface area contributed by atoms with Gasteiger partial charge in [0.15, 0.2) is 0 Å². The van der Waals surface area contributed by atoms with Gasteiger partial charge in [-0.2, -0.15) is 0 Å². The molecule has 0 unspecified atom stereocenters. The molecule has 0 aliphatic carbocycles. The van der Waals surface area contributed by atoms with Crippen molar-refractivity contribution in [2.75, 3.05) is 0 Å². The topological polar surface area (TPSA) is 43.4 Å². The van der Waals surface area contributed by atoms with Crippen molar-refractivity contribution in [1.82, 2.24) is 0 Å². The van der Waals surface area contributed by atoms with Crippen molar-refractivity contribution in [3.63, 3.8) is 0 Å². The zero-order valence-electron chi connectivity index (χ0n) is 10.1. The third-order valence-corrected chi connectivity index (χ3v) is 2.04. The van der Waals surface area contributed by atoms with Crippen LogP contribution in [0.2, 0.25) is 0 Å². The number of hydrogen-bond acceptors (Lipinski definition) is 3. The van der Waals surface area contributed by atoms with Crippen LogP contribution in [0.15, 0.2) is 24.3 Å². The van der Waals surface area contributed by atoms with Gasteiger partial charge < -0.3 is 4.74 Å². The standard InChI is InChI=1S/C13H15ClO3/c1-13(2,3)17-12(16)10-6-4-5-9(7-10)8-11(14)15/h4-7H,8H2,1-3H3. The van der Waals surface area contributed by atoms with Gasteiger partial charge in [0.25, 0.3) is 0 Å². The van der Waals surface area contributed by atoms with Crippen molar-refractivity contribution in [2.45, 2.75) is 32.8 Å². The Hall–Kier alpha value is -1.35. The summed E-state index contributed by atoms with van der Waals surface area (Å²) in [6.07, 6.45) is 0.109. The van der Waals surface area contributed by atoms with Crippen molar-refractivity contribution in [2.24, 2.45) is 0 Å². The summed E-state index contributed by atoms with van der Waals surface area (Å²) in [5.74, 6) is -0.402. The van der Waals surface area contributed by atoms with Crippen LogP contribution >= 0.6 is 11.6 Å². The number of rotatable bonds is 3. The summed E-state index contributed by atoms with van der Waals surface area (Å²) in [5.41, 5.74) is 0.596. The predicted octanol–water partition coefficient (Wildman–Crippen LogP) is 2.95. The summed E-state index contributed by atoms with van der Waals surface area (Å²) in [7, 11) is 0. The van der Waals surface area contributed by atoms with Crippen molar-refractivity contribution < 1.29 is 14.3 Å². The van der Waals surface area contributed by atoms with Gasteiger partial charge in [0, 0.05) is 6.42 Å². The Labute approximate surface area is 106 Å². The first-order chi connectivity index (χ1) is 7.78. The number of esters is 1. The molecule has 0 saturated heterocycles. The average Bonchev–Trinajstić information content (AvgIpc) is 2.14. The lowest BCUT2D eigenvalue weighted by Crippen LogP contribution is -2.23. The van der Waals surface area contributed by atoms with Gasteiger partial charge in [-0.3, -0.25) is 4.79 Å². The summed E-state index contributed by atoms with van der Waals surface area (Å²) >= 11 is 5.30. The molecule has 0 N–H and O–H groups in total. The molecule has 1 rings (SSSR count). The van der Waals surface area contributed by atoms with Crippen LogP contribution in [-0.4, -0.2) is 16.8 Å². The highest BCUT2D eigenvalue weighted by atomic mass is 35.5. The Balaban J connectivity index is 2.84. The first-order valence-electron chi connectivity index (χ1n) is 5.28. The van der Waals surface area contributed by atoms with E-state index >= 15 is 0 Å². The number of carbonyl (C=O) groups excluding carboxylic acids is 2. The molecule has 0 fully saturated rings. The van der Waals surface area contributed by atoms with Crippen LogP contribution in [0.3, 0.4) is 0 Å². The zero-order valence-corrected chi connectivity index (χ0v) is 10.9. The molecule has 0 saturated carbocycles. The molecule has 1 aromatic rings. The maximum atomic E-state index is 11.8. The Morgan fingerprint density at radius 2 is 1.94 bits per heavy atom. The lowest BCUT2D eigenvalue weighted by molar-refractivity contribution is -0.111. The molecule has 0 atom stereocenters. The fraction of sp³-hybridized carbons (Fsp3) is 0.385. The van der Waals surface area contributed by atoms with E-state index in [4.69, 9.17) is 16.3 Å². The van der Waals surface area contributed by atoms with E-state index in [-0.39, 0.29) is 6.42 Å². The fourth-order valence-corrected chi connectivity index (χ4v) is 1.46. The number of carbonyl (C=O) groups is 2. The van der Waals surface area contributed by atoms with E-state index < -0.39 is 16.8 Å². The number of ether oxygens (including phenoxy) is 1. The average molecular weight is 255 g/mol. The highest BCUT2D eigenvalue weighted by molar-refractivity contribution is 6.63. The normalized spacial score (nSPS) is 11.1. The summed E-state index contributed by atoms with van der Waals surface area (Å²) in [4.78, 5) is 22.5. The molecule has 3 nitrogen and oxygen atoms in total. The van der Waals surface area contributed by atoms with Gasteiger partial charge in [-0.15, -0.1) is 0 Å². The van der Waals surface area contributed by atoms with Crippen molar-refractivity contribution in [3.05, 3.63) is 35.4 Å². The largest absolute Gasteiger partial charge is 0.456 e. The Bertz CT molecular complexity index is 433. The van der Waals surface area contributed by atoms with Crippen molar-refractivity contribution in [3.8, 4) is 0 Å². The zero-order chi connectivity index (χ0) is 13.1. The van der Waals surface area contributed by atoms with Crippen LogP contribution in [-0.2, 0) is 16.0 Å². The lowest BCUT2D eigenvalue weighted by atomic mass is 10.1. The summed E-state index contributed by atoms with van der Waals surface area (Å²) in [5, 5.41) is -0.452. The second-order valence-corrected chi connectivity index (χ2v) is 5.16. The monoisotopic (exact) mass is 254 g/mol. The molecule has 4 heteroatoms. The molecule has 92 valence electrons. The van der Waals surface area contributed by atoms with E-state index in [9.17, 15) is 9.59 Å². The Kier molecular flexibility index (Phi) is 4.29. The molecule has 0 amide bonds. The summed E-state index contributed by atoms with van der Waals surface area (Å²) < 4.78 is 5.23. The van der Waals surface area contributed by atoms with Crippen LogP contribution < -0.4 is 0 Å². The van der Waals surface area contributed by atoms with Crippen LogP contribution in [0.5, 0.6) is 0 Å². The summed E-state index contributed by atoms with van der Waals surface area (Å²) in [6.45, 7) is 5.41.